The molecule has 1 aromatic carbocycles. The lowest BCUT2D eigenvalue weighted by Gasteiger charge is -2.31. The van der Waals surface area contributed by atoms with Crippen LogP contribution in [0.5, 0.6) is 0 Å². The van der Waals surface area contributed by atoms with E-state index in [1.807, 2.05) is 36.4 Å². The third-order valence-electron chi connectivity index (χ3n) is 5.54. The topological polar surface area (TPSA) is 117 Å². The van der Waals surface area contributed by atoms with Crippen molar-refractivity contribution in [3.8, 4) is 17.3 Å². The van der Waals surface area contributed by atoms with E-state index in [-0.39, 0.29) is 17.6 Å². The fraction of sp³-hybridized carbons (Fsp3) is 0.364. The maximum atomic E-state index is 13.2. The SMILES string of the molecule is CN/C(C#N)=C(\C=N)NCC1CCCCC1C(=O)c1ccc(-c2cc[nH]n2)cc1. The zero-order chi connectivity index (χ0) is 20.6. The number of benzene rings is 1. The van der Waals surface area contributed by atoms with E-state index in [1.54, 1.807) is 13.2 Å². The number of allylic oxidation sites excluding steroid dienone is 2. The Hall–Kier alpha value is -3.40. The van der Waals surface area contributed by atoms with Gasteiger partial charge in [-0.1, -0.05) is 37.1 Å². The minimum absolute atomic E-state index is 0.0559. The van der Waals surface area contributed by atoms with Crippen LogP contribution in [-0.2, 0) is 0 Å². The first kappa shape index (κ1) is 20.3. The van der Waals surface area contributed by atoms with Crippen LogP contribution >= 0.6 is 0 Å². The Labute approximate surface area is 170 Å². The zero-order valence-electron chi connectivity index (χ0n) is 16.5. The highest BCUT2D eigenvalue weighted by Crippen LogP contribution is 2.33. The van der Waals surface area contributed by atoms with E-state index in [0.29, 0.717) is 17.9 Å². The lowest BCUT2D eigenvalue weighted by molar-refractivity contribution is 0.0825. The average Bonchev–Trinajstić information content (AvgIpc) is 3.31. The monoisotopic (exact) mass is 390 g/mol. The molecular formula is C22H26N6O. The van der Waals surface area contributed by atoms with E-state index in [0.717, 1.165) is 48.7 Å². The molecule has 29 heavy (non-hydrogen) atoms. The highest BCUT2D eigenvalue weighted by Gasteiger charge is 2.31. The summed E-state index contributed by atoms with van der Waals surface area (Å²) in [7, 11) is 1.66. The third-order valence-corrected chi connectivity index (χ3v) is 5.54. The molecule has 0 radical (unpaired) electrons. The van der Waals surface area contributed by atoms with Crippen molar-refractivity contribution in [1.82, 2.24) is 20.8 Å². The molecule has 0 amide bonds. The van der Waals surface area contributed by atoms with E-state index in [4.69, 9.17) is 5.41 Å². The molecule has 4 N–H and O–H groups in total. The van der Waals surface area contributed by atoms with Gasteiger partial charge in [0.2, 0.25) is 0 Å². The Morgan fingerprint density at radius 3 is 2.69 bits per heavy atom. The molecule has 2 aromatic rings. The van der Waals surface area contributed by atoms with Crippen LogP contribution in [0.25, 0.3) is 11.3 Å². The summed E-state index contributed by atoms with van der Waals surface area (Å²) in [5.74, 6) is 0.285. The number of carbonyl (C=O) groups excluding carboxylic acids is 1. The number of aromatic nitrogens is 2. The molecule has 150 valence electrons. The molecule has 0 aliphatic heterocycles. The first-order chi connectivity index (χ1) is 14.2. The molecule has 0 saturated heterocycles. The lowest BCUT2D eigenvalue weighted by atomic mass is 9.75. The lowest BCUT2D eigenvalue weighted by Crippen LogP contribution is -2.35. The van der Waals surface area contributed by atoms with Crippen molar-refractivity contribution in [2.75, 3.05) is 13.6 Å². The standard InChI is InChI=1S/C22H26N6O/c1-25-20(12-23)21(13-24)26-14-17-4-2-3-5-18(17)22(29)16-8-6-15(7-9-16)19-10-11-27-28-19/h6-11,13,17-18,24-26H,2-5,14H2,1H3,(H,27,28)/b21-20+,24-13?. The third kappa shape index (κ3) is 4.72. The molecule has 1 aliphatic carbocycles. The Bertz CT molecular complexity index is 908. The van der Waals surface area contributed by atoms with E-state index in [2.05, 4.69) is 20.8 Å². The zero-order valence-corrected chi connectivity index (χ0v) is 16.5. The van der Waals surface area contributed by atoms with Crippen LogP contribution in [0.4, 0.5) is 0 Å². The molecule has 2 atom stereocenters. The van der Waals surface area contributed by atoms with Gasteiger partial charge in [0, 0.05) is 43.0 Å². The molecule has 1 aliphatic rings. The van der Waals surface area contributed by atoms with Crippen LogP contribution in [0.1, 0.15) is 36.0 Å². The van der Waals surface area contributed by atoms with E-state index < -0.39 is 0 Å². The number of hydrogen-bond acceptors (Lipinski definition) is 6. The second-order valence-electron chi connectivity index (χ2n) is 7.23. The molecule has 0 spiro atoms. The van der Waals surface area contributed by atoms with E-state index >= 15 is 0 Å². The van der Waals surface area contributed by atoms with Gasteiger partial charge >= 0.3 is 0 Å². The number of ketones is 1. The molecule has 7 heteroatoms. The van der Waals surface area contributed by atoms with Crippen molar-refractivity contribution in [2.45, 2.75) is 25.7 Å². The summed E-state index contributed by atoms with van der Waals surface area (Å²) in [4.78, 5) is 13.2. The van der Waals surface area contributed by atoms with E-state index in [1.165, 1.54) is 0 Å². The number of nitrogens with zero attached hydrogens (tertiary/aromatic N) is 2. The molecule has 3 rings (SSSR count). The summed E-state index contributed by atoms with van der Waals surface area (Å²) >= 11 is 0. The molecule has 7 nitrogen and oxygen atoms in total. The van der Waals surface area contributed by atoms with Crippen LogP contribution in [0.15, 0.2) is 47.9 Å². The minimum atomic E-state index is -0.0559. The smallest absolute Gasteiger partial charge is 0.166 e. The first-order valence-corrected chi connectivity index (χ1v) is 9.88. The summed E-state index contributed by atoms with van der Waals surface area (Å²) in [6.45, 7) is 0.569. The summed E-state index contributed by atoms with van der Waals surface area (Å²) in [6, 6.07) is 11.6. The van der Waals surface area contributed by atoms with Gasteiger partial charge in [-0.2, -0.15) is 10.4 Å². The molecule has 2 unspecified atom stereocenters. The number of Topliss-reactive ketones (excluding diaryl/α,β-unsaturated/α-hetero) is 1. The van der Waals surface area contributed by atoms with Gasteiger partial charge in [0.15, 0.2) is 5.78 Å². The molecule has 1 heterocycles. The summed E-state index contributed by atoms with van der Waals surface area (Å²) in [5.41, 5.74) is 3.33. The maximum absolute atomic E-state index is 13.2. The van der Waals surface area contributed by atoms with Crippen LogP contribution < -0.4 is 10.6 Å². The molecular weight excluding hydrogens is 364 g/mol. The van der Waals surface area contributed by atoms with Crippen molar-refractivity contribution < 1.29 is 4.79 Å². The molecule has 1 aromatic heterocycles. The number of nitrogens with one attached hydrogen (secondary N) is 4. The maximum Gasteiger partial charge on any atom is 0.166 e. The number of carbonyl (C=O) groups is 1. The Kier molecular flexibility index (Phi) is 6.80. The van der Waals surface area contributed by atoms with Crippen molar-refractivity contribution in [3.05, 3.63) is 53.5 Å². The Morgan fingerprint density at radius 2 is 2.07 bits per heavy atom. The van der Waals surface area contributed by atoms with Gasteiger partial charge in [0.25, 0.3) is 0 Å². The second-order valence-corrected chi connectivity index (χ2v) is 7.23. The Balaban J connectivity index is 1.72. The quantitative estimate of drug-likeness (QED) is 0.313. The fourth-order valence-electron chi connectivity index (χ4n) is 3.94. The van der Waals surface area contributed by atoms with Gasteiger partial charge in [-0.3, -0.25) is 9.89 Å². The highest BCUT2D eigenvalue weighted by atomic mass is 16.1. The second kappa shape index (κ2) is 9.69. The van der Waals surface area contributed by atoms with Gasteiger partial charge in [-0.25, -0.2) is 0 Å². The fourth-order valence-corrected chi connectivity index (χ4v) is 3.94. The Morgan fingerprint density at radius 1 is 1.31 bits per heavy atom. The number of H-pyrrole nitrogens is 1. The molecule has 0 bridgehead atoms. The van der Waals surface area contributed by atoms with Gasteiger partial charge in [-0.05, 0) is 24.8 Å². The number of rotatable bonds is 8. The van der Waals surface area contributed by atoms with Crippen molar-refractivity contribution in [3.63, 3.8) is 0 Å². The van der Waals surface area contributed by atoms with Crippen molar-refractivity contribution >= 4 is 12.0 Å². The van der Waals surface area contributed by atoms with Crippen LogP contribution in [0.3, 0.4) is 0 Å². The number of aromatic amines is 1. The van der Waals surface area contributed by atoms with Crippen LogP contribution in [0.2, 0.25) is 0 Å². The molecule has 1 fully saturated rings. The van der Waals surface area contributed by atoms with Gasteiger partial charge in [0.05, 0.1) is 11.4 Å². The summed E-state index contributed by atoms with van der Waals surface area (Å²) in [5, 5.41) is 29.7. The highest BCUT2D eigenvalue weighted by molar-refractivity contribution is 5.98. The van der Waals surface area contributed by atoms with Crippen LogP contribution in [0, 0.1) is 28.6 Å². The number of nitriles is 1. The largest absolute Gasteiger partial charge is 0.381 e. The first-order valence-electron chi connectivity index (χ1n) is 9.88. The predicted octanol–water partition coefficient (Wildman–Crippen LogP) is 3.26. The summed E-state index contributed by atoms with van der Waals surface area (Å²) < 4.78 is 0. The van der Waals surface area contributed by atoms with Gasteiger partial charge in [0.1, 0.15) is 11.8 Å². The number of hydrogen-bond donors (Lipinski definition) is 4. The average molecular weight is 390 g/mol. The predicted molar refractivity (Wildman–Crippen MR) is 112 cm³/mol. The van der Waals surface area contributed by atoms with Gasteiger partial charge in [-0.15, -0.1) is 0 Å². The van der Waals surface area contributed by atoms with Crippen molar-refractivity contribution in [2.24, 2.45) is 11.8 Å². The normalized spacial score (nSPS) is 19.6. The minimum Gasteiger partial charge on any atom is -0.381 e. The van der Waals surface area contributed by atoms with Crippen molar-refractivity contribution in [1.29, 1.82) is 10.7 Å². The van der Waals surface area contributed by atoms with Gasteiger partial charge < -0.3 is 16.0 Å². The van der Waals surface area contributed by atoms with Crippen LogP contribution in [-0.4, -0.2) is 35.8 Å². The summed E-state index contributed by atoms with van der Waals surface area (Å²) in [6.07, 6.45) is 6.88. The van der Waals surface area contributed by atoms with E-state index in [9.17, 15) is 10.1 Å². The molecule has 1 saturated carbocycles.